The second-order valence-electron chi connectivity index (χ2n) is 8.26. The molecule has 35 heavy (non-hydrogen) atoms. The van der Waals surface area contributed by atoms with Gasteiger partial charge in [0.05, 0.1) is 16.6 Å². The van der Waals surface area contributed by atoms with Crippen LogP contribution in [-0.2, 0) is 11.0 Å². The lowest BCUT2D eigenvalue weighted by Crippen LogP contribution is -2.35. The first-order valence-corrected chi connectivity index (χ1v) is 11.2. The number of carbonyl (C=O) groups excluding carboxylic acids is 1. The molecule has 5 rings (SSSR count). The summed E-state index contributed by atoms with van der Waals surface area (Å²) in [6, 6.07) is 12.2. The molecule has 0 bridgehead atoms. The molecular formula is C25H17ClF5N3O. The first-order chi connectivity index (χ1) is 16.6. The average Bonchev–Trinajstić information content (AvgIpc) is 3.20. The molecule has 1 fully saturated rings. The zero-order valence-electron chi connectivity index (χ0n) is 18.0. The Hall–Kier alpha value is -3.46. The highest BCUT2D eigenvalue weighted by Crippen LogP contribution is 2.39. The third-order valence-electron chi connectivity index (χ3n) is 5.95. The van der Waals surface area contributed by atoms with Crippen molar-refractivity contribution in [2.24, 2.45) is 0 Å². The largest absolute Gasteiger partial charge is 0.435 e. The molecule has 0 radical (unpaired) electrons. The van der Waals surface area contributed by atoms with Crippen LogP contribution in [0, 0.1) is 11.6 Å². The van der Waals surface area contributed by atoms with Crippen LogP contribution in [0.3, 0.4) is 0 Å². The van der Waals surface area contributed by atoms with E-state index in [2.05, 4.69) is 5.10 Å². The molecule has 0 spiro atoms. The van der Waals surface area contributed by atoms with Crippen LogP contribution in [-0.4, -0.2) is 22.2 Å². The van der Waals surface area contributed by atoms with E-state index in [1.165, 1.54) is 47.4 Å². The first kappa shape index (κ1) is 23.3. The fraction of sp³-hybridized carbons (Fsp3) is 0.200. The topological polar surface area (TPSA) is 38.1 Å². The second kappa shape index (κ2) is 8.64. The normalized spacial score (nSPS) is 14.7. The molecule has 1 amide bonds. The molecule has 0 unspecified atom stereocenters. The van der Waals surface area contributed by atoms with Crippen LogP contribution in [0.25, 0.3) is 27.7 Å². The molecular weight excluding hydrogens is 489 g/mol. The van der Waals surface area contributed by atoms with E-state index in [4.69, 9.17) is 11.6 Å². The highest BCUT2D eigenvalue weighted by Gasteiger charge is 2.38. The molecule has 0 atom stereocenters. The summed E-state index contributed by atoms with van der Waals surface area (Å²) in [5, 5.41) is 3.16. The van der Waals surface area contributed by atoms with Crippen molar-refractivity contribution in [3.63, 3.8) is 0 Å². The summed E-state index contributed by atoms with van der Waals surface area (Å²) in [5.41, 5.74) is -1.01. The molecule has 3 aromatic carbocycles. The number of alkyl halides is 3. The predicted molar refractivity (Wildman–Crippen MR) is 123 cm³/mol. The average molecular weight is 506 g/mol. The number of hydrogen-bond acceptors (Lipinski definition) is 2. The lowest BCUT2D eigenvalue weighted by atomic mass is 10.0. The SMILES string of the molecule is O=C1CCCCN1c1ccc(-c2cc(F)c3c(C(F)(F)F)nn(-c4cccc(Cl)c4)c3c2)c(F)c1. The van der Waals surface area contributed by atoms with Gasteiger partial charge in [-0.25, -0.2) is 13.5 Å². The number of rotatable bonds is 3. The molecule has 0 saturated carbocycles. The number of carbonyl (C=O) groups is 1. The maximum atomic E-state index is 15.1. The molecule has 4 aromatic rings. The third kappa shape index (κ3) is 4.25. The maximum Gasteiger partial charge on any atom is 0.435 e. The van der Waals surface area contributed by atoms with E-state index >= 15 is 8.78 Å². The van der Waals surface area contributed by atoms with Crippen molar-refractivity contribution in [3.8, 4) is 16.8 Å². The van der Waals surface area contributed by atoms with E-state index < -0.39 is 28.9 Å². The quantitative estimate of drug-likeness (QED) is 0.277. The van der Waals surface area contributed by atoms with Gasteiger partial charge in [0.15, 0.2) is 5.69 Å². The Labute approximate surface area is 201 Å². The van der Waals surface area contributed by atoms with E-state index in [-0.39, 0.29) is 33.3 Å². The van der Waals surface area contributed by atoms with Crippen LogP contribution in [0.2, 0.25) is 5.02 Å². The van der Waals surface area contributed by atoms with E-state index in [0.29, 0.717) is 18.7 Å². The molecule has 180 valence electrons. The van der Waals surface area contributed by atoms with E-state index in [9.17, 15) is 18.0 Å². The number of nitrogens with zero attached hydrogens (tertiary/aromatic N) is 3. The zero-order valence-corrected chi connectivity index (χ0v) is 18.8. The van der Waals surface area contributed by atoms with Crippen LogP contribution in [0.1, 0.15) is 25.0 Å². The van der Waals surface area contributed by atoms with E-state index in [1.54, 1.807) is 6.07 Å². The number of amides is 1. The van der Waals surface area contributed by atoms with Crippen LogP contribution >= 0.6 is 11.6 Å². The van der Waals surface area contributed by atoms with Gasteiger partial charge in [0.25, 0.3) is 0 Å². The molecule has 10 heteroatoms. The van der Waals surface area contributed by atoms with E-state index in [1.807, 2.05) is 0 Å². The fourth-order valence-electron chi connectivity index (χ4n) is 4.34. The van der Waals surface area contributed by atoms with Crippen LogP contribution in [0.4, 0.5) is 27.6 Å². The maximum absolute atomic E-state index is 15.1. The fourth-order valence-corrected chi connectivity index (χ4v) is 4.53. The number of piperidine rings is 1. The van der Waals surface area contributed by atoms with Gasteiger partial charge in [0, 0.05) is 29.2 Å². The standard InChI is InChI=1S/C25H17ClF5N3O/c26-15-4-3-5-17(12-15)34-21-11-14(10-20(28)23(21)24(32-34)25(29,30)31)18-8-7-16(13-19(18)27)33-9-2-1-6-22(33)35/h3-5,7-8,10-13H,1-2,6,9H2. The Kier molecular flexibility index (Phi) is 5.75. The summed E-state index contributed by atoms with van der Waals surface area (Å²) in [6.45, 7) is 0.469. The molecule has 4 nitrogen and oxygen atoms in total. The number of aromatic nitrogens is 2. The minimum atomic E-state index is -4.92. The third-order valence-corrected chi connectivity index (χ3v) is 6.19. The number of hydrogen-bond donors (Lipinski definition) is 0. The summed E-state index contributed by atoms with van der Waals surface area (Å²) in [6.07, 6.45) is -2.97. The van der Waals surface area contributed by atoms with Gasteiger partial charge in [-0.3, -0.25) is 4.79 Å². The molecule has 2 heterocycles. The Morgan fingerprint density at radius 2 is 1.71 bits per heavy atom. The first-order valence-electron chi connectivity index (χ1n) is 10.8. The lowest BCUT2D eigenvalue weighted by Gasteiger charge is -2.27. The van der Waals surface area contributed by atoms with Gasteiger partial charge in [-0.15, -0.1) is 0 Å². The van der Waals surface area contributed by atoms with Gasteiger partial charge in [-0.05, 0) is 66.9 Å². The van der Waals surface area contributed by atoms with Crippen molar-refractivity contribution in [1.29, 1.82) is 0 Å². The Morgan fingerprint density at radius 3 is 2.40 bits per heavy atom. The summed E-state index contributed by atoms with van der Waals surface area (Å²) < 4.78 is 72.3. The number of fused-ring (bicyclic) bond motifs is 1. The molecule has 1 aliphatic rings. The van der Waals surface area contributed by atoms with Crippen LogP contribution in [0.5, 0.6) is 0 Å². The Bertz CT molecular complexity index is 1460. The van der Waals surface area contributed by atoms with Crippen molar-refractivity contribution in [2.45, 2.75) is 25.4 Å². The lowest BCUT2D eigenvalue weighted by molar-refractivity contribution is -0.140. The van der Waals surface area contributed by atoms with Gasteiger partial charge >= 0.3 is 6.18 Å². The summed E-state index contributed by atoms with van der Waals surface area (Å²) in [5.74, 6) is -2.03. The molecule has 1 aromatic heterocycles. The van der Waals surface area contributed by atoms with Gasteiger partial charge in [-0.2, -0.15) is 18.3 Å². The molecule has 0 N–H and O–H groups in total. The summed E-state index contributed by atoms with van der Waals surface area (Å²) in [4.78, 5) is 13.7. The van der Waals surface area contributed by atoms with Crippen LogP contribution < -0.4 is 4.90 Å². The predicted octanol–water partition coefficient (Wildman–Crippen LogP) is 7.16. The second-order valence-corrected chi connectivity index (χ2v) is 8.69. The van der Waals surface area contributed by atoms with E-state index in [0.717, 1.165) is 23.6 Å². The molecule has 0 aliphatic carbocycles. The van der Waals surface area contributed by atoms with Gasteiger partial charge < -0.3 is 4.90 Å². The van der Waals surface area contributed by atoms with Crippen molar-refractivity contribution < 1.29 is 26.7 Å². The van der Waals surface area contributed by atoms with Crippen molar-refractivity contribution in [3.05, 3.63) is 76.9 Å². The monoisotopic (exact) mass is 505 g/mol. The Morgan fingerprint density at radius 1 is 0.914 bits per heavy atom. The van der Waals surface area contributed by atoms with Crippen molar-refractivity contribution in [1.82, 2.24) is 9.78 Å². The number of halogens is 6. The number of anilines is 1. The molecule has 1 aliphatic heterocycles. The van der Waals surface area contributed by atoms with Crippen LogP contribution in [0.15, 0.2) is 54.6 Å². The van der Waals surface area contributed by atoms with Gasteiger partial charge in [-0.1, -0.05) is 17.7 Å². The highest BCUT2D eigenvalue weighted by atomic mass is 35.5. The summed E-state index contributed by atoms with van der Waals surface area (Å²) >= 11 is 6.00. The van der Waals surface area contributed by atoms with Crippen molar-refractivity contribution in [2.75, 3.05) is 11.4 Å². The molecule has 1 saturated heterocycles. The zero-order chi connectivity index (χ0) is 24.9. The smallest absolute Gasteiger partial charge is 0.312 e. The highest BCUT2D eigenvalue weighted by molar-refractivity contribution is 6.30. The summed E-state index contributed by atoms with van der Waals surface area (Å²) in [7, 11) is 0. The van der Waals surface area contributed by atoms with Crippen molar-refractivity contribution >= 4 is 34.1 Å². The van der Waals surface area contributed by atoms with Gasteiger partial charge in [0.2, 0.25) is 5.91 Å². The van der Waals surface area contributed by atoms with Gasteiger partial charge in [0.1, 0.15) is 11.6 Å². The minimum Gasteiger partial charge on any atom is -0.312 e. The minimum absolute atomic E-state index is 0.0218. The number of benzene rings is 3. The Balaban J connectivity index is 1.67.